The molecule has 2 rings (SSSR count). The maximum atomic E-state index is 13.1. The molecule has 0 bridgehead atoms. The van der Waals surface area contributed by atoms with Crippen molar-refractivity contribution < 1.29 is 9.18 Å². The van der Waals surface area contributed by atoms with Gasteiger partial charge in [-0.15, -0.1) is 0 Å². The van der Waals surface area contributed by atoms with Crippen LogP contribution in [0.5, 0.6) is 0 Å². The Kier molecular flexibility index (Phi) is 4.70. The smallest absolute Gasteiger partial charge is 0.164 e. The van der Waals surface area contributed by atoms with Crippen LogP contribution in [0.25, 0.3) is 0 Å². The first-order chi connectivity index (χ1) is 9.08. The number of hydrogen-bond donors (Lipinski definition) is 0. The zero-order valence-electron chi connectivity index (χ0n) is 11.7. The third kappa shape index (κ3) is 3.63. The van der Waals surface area contributed by atoms with Gasteiger partial charge in [0.1, 0.15) is 5.82 Å². The second kappa shape index (κ2) is 6.29. The van der Waals surface area contributed by atoms with Crippen LogP contribution in [0.2, 0.25) is 0 Å². The molecule has 1 aromatic rings. The quantitative estimate of drug-likeness (QED) is 0.758. The summed E-state index contributed by atoms with van der Waals surface area (Å²) >= 11 is 0. The number of rotatable bonds is 5. The topological polar surface area (TPSA) is 20.3 Å². The number of halogens is 1. The van der Waals surface area contributed by atoms with Crippen molar-refractivity contribution in [3.63, 3.8) is 0 Å². The van der Waals surface area contributed by atoms with Gasteiger partial charge in [-0.25, -0.2) is 4.39 Å². The molecule has 1 aliphatic heterocycles. The monoisotopic (exact) mass is 263 g/mol. The third-order valence-electron chi connectivity index (χ3n) is 3.96. The third-order valence-corrected chi connectivity index (χ3v) is 3.96. The highest BCUT2D eigenvalue weighted by Gasteiger charge is 2.26. The molecule has 0 aromatic heterocycles. The molecule has 2 nitrogen and oxygen atoms in total. The lowest BCUT2D eigenvalue weighted by molar-refractivity contribution is 0.0953. The Morgan fingerprint density at radius 3 is 2.95 bits per heavy atom. The summed E-state index contributed by atoms with van der Waals surface area (Å²) in [4.78, 5) is 14.4. The Morgan fingerprint density at radius 2 is 2.26 bits per heavy atom. The van der Waals surface area contributed by atoms with E-state index in [-0.39, 0.29) is 11.6 Å². The minimum absolute atomic E-state index is 0.0360. The summed E-state index contributed by atoms with van der Waals surface area (Å²) in [5.74, 6) is 0.327. The van der Waals surface area contributed by atoms with Crippen molar-refractivity contribution in [3.05, 3.63) is 35.6 Å². The van der Waals surface area contributed by atoms with E-state index in [1.54, 1.807) is 12.1 Å². The standard InChI is InChI=1S/C16H22FNO/c1-12(2)15-7-4-9-18(15)10-8-16(19)13-5-3-6-14(17)11-13/h3,5-6,11-12,15H,4,7-10H2,1-2H3. The van der Waals surface area contributed by atoms with E-state index in [0.29, 0.717) is 23.9 Å². The second-order valence-corrected chi connectivity index (χ2v) is 5.67. The maximum Gasteiger partial charge on any atom is 0.164 e. The maximum absolute atomic E-state index is 13.1. The minimum Gasteiger partial charge on any atom is -0.300 e. The number of benzene rings is 1. The number of carbonyl (C=O) groups is 1. The van der Waals surface area contributed by atoms with E-state index in [9.17, 15) is 9.18 Å². The van der Waals surface area contributed by atoms with Crippen LogP contribution >= 0.6 is 0 Å². The van der Waals surface area contributed by atoms with Crippen LogP contribution < -0.4 is 0 Å². The van der Waals surface area contributed by atoms with E-state index in [1.165, 1.54) is 25.0 Å². The number of nitrogens with zero attached hydrogens (tertiary/aromatic N) is 1. The molecule has 1 saturated heterocycles. The molecule has 104 valence electrons. The first kappa shape index (κ1) is 14.2. The summed E-state index contributed by atoms with van der Waals surface area (Å²) < 4.78 is 13.1. The van der Waals surface area contributed by atoms with Crippen LogP contribution in [0.1, 0.15) is 43.5 Å². The van der Waals surface area contributed by atoms with E-state index in [4.69, 9.17) is 0 Å². The lowest BCUT2D eigenvalue weighted by atomic mass is 10.0. The highest BCUT2D eigenvalue weighted by atomic mass is 19.1. The molecule has 0 aliphatic carbocycles. The van der Waals surface area contributed by atoms with Crippen LogP contribution in [-0.2, 0) is 0 Å². The Balaban J connectivity index is 1.90. The number of ketones is 1. The van der Waals surface area contributed by atoms with Gasteiger partial charge in [-0.1, -0.05) is 26.0 Å². The van der Waals surface area contributed by atoms with E-state index in [1.807, 2.05) is 0 Å². The molecule has 1 aromatic carbocycles. The largest absolute Gasteiger partial charge is 0.300 e. The van der Waals surface area contributed by atoms with E-state index in [0.717, 1.165) is 13.1 Å². The molecule has 1 heterocycles. The average molecular weight is 263 g/mol. The van der Waals surface area contributed by atoms with Crippen molar-refractivity contribution in [2.45, 2.75) is 39.2 Å². The Morgan fingerprint density at radius 1 is 1.47 bits per heavy atom. The molecule has 1 fully saturated rings. The highest BCUT2D eigenvalue weighted by Crippen LogP contribution is 2.23. The van der Waals surface area contributed by atoms with E-state index >= 15 is 0 Å². The molecule has 3 heteroatoms. The second-order valence-electron chi connectivity index (χ2n) is 5.67. The van der Waals surface area contributed by atoms with E-state index in [2.05, 4.69) is 18.7 Å². The molecule has 0 saturated carbocycles. The molecule has 0 N–H and O–H groups in total. The van der Waals surface area contributed by atoms with Gasteiger partial charge in [0.25, 0.3) is 0 Å². The van der Waals surface area contributed by atoms with Crippen LogP contribution in [0.15, 0.2) is 24.3 Å². The molecule has 0 amide bonds. The van der Waals surface area contributed by atoms with Gasteiger partial charge in [-0.2, -0.15) is 0 Å². The zero-order valence-corrected chi connectivity index (χ0v) is 11.7. The van der Waals surface area contributed by atoms with Crippen molar-refractivity contribution in [2.24, 2.45) is 5.92 Å². The van der Waals surface area contributed by atoms with Crippen molar-refractivity contribution in [2.75, 3.05) is 13.1 Å². The normalized spacial score (nSPS) is 20.1. The fraction of sp³-hybridized carbons (Fsp3) is 0.562. The van der Waals surface area contributed by atoms with Gasteiger partial charge in [-0.3, -0.25) is 9.69 Å². The lowest BCUT2D eigenvalue weighted by Gasteiger charge is -2.27. The Bertz CT molecular complexity index is 444. The summed E-state index contributed by atoms with van der Waals surface area (Å²) in [6, 6.07) is 6.57. The Labute approximate surface area is 114 Å². The summed E-state index contributed by atoms with van der Waals surface area (Å²) in [6.07, 6.45) is 2.93. The number of likely N-dealkylation sites (tertiary alicyclic amines) is 1. The number of hydrogen-bond acceptors (Lipinski definition) is 2. The predicted molar refractivity (Wildman–Crippen MR) is 74.8 cm³/mol. The fourth-order valence-electron chi connectivity index (χ4n) is 2.94. The van der Waals surface area contributed by atoms with Crippen LogP contribution in [0.4, 0.5) is 4.39 Å². The Hall–Kier alpha value is -1.22. The fourth-order valence-corrected chi connectivity index (χ4v) is 2.94. The molecule has 1 unspecified atom stereocenters. The van der Waals surface area contributed by atoms with E-state index < -0.39 is 0 Å². The van der Waals surface area contributed by atoms with Gasteiger partial charge in [0.15, 0.2) is 5.78 Å². The molecular weight excluding hydrogens is 241 g/mol. The molecule has 19 heavy (non-hydrogen) atoms. The molecule has 1 atom stereocenters. The summed E-state index contributed by atoms with van der Waals surface area (Å²) in [5.41, 5.74) is 0.486. The summed E-state index contributed by atoms with van der Waals surface area (Å²) in [5, 5.41) is 0. The van der Waals surface area contributed by atoms with Crippen molar-refractivity contribution in [1.29, 1.82) is 0 Å². The number of carbonyl (C=O) groups excluding carboxylic acids is 1. The van der Waals surface area contributed by atoms with Crippen molar-refractivity contribution in [3.8, 4) is 0 Å². The summed E-state index contributed by atoms with van der Waals surface area (Å²) in [6.45, 7) is 6.34. The highest BCUT2D eigenvalue weighted by molar-refractivity contribution is 5.96. The molecule has 1 aliphatic rings. The number of Topliss-reactive ketones (excluding diaryl/α,β-unsaturated/α-hetero) is 1. The lowest BCUT2D eigenvalue weighted by Crippen LogP contribution is -2.35. The first-order valence-corrected chi connectivity index (χ1v) is 7.10. The van der Waals surface area contributed by atoms with Gasteiger partial charge in [0, 0.05) is 24.6 Å². The van der Waals surface area contributed by atoms with Crippen molar-refractivity contribution in [1.82, 2.24) is 4.90 Å². The van der Waals surface area contributed by atoms with Gasteiger partial charge in [-0.05, 0) is 37.4 Å². The average Bonchev–Trinajstić information content (AvgIpc) is 2.84. The van der Waals surface area contributed by atoms with Gasteiger partial charge in [0.05, 0.1) is 0 Å². The molecule has 0 spiro atoms. The van der Waals surface area contributed by atoms with Gasteiger partial charge in [0.2, 0.25) is 0 Å². The van der Waals surface area contributed by atoms with Crippen LogP contribution in [-0.4, -0.2) is 29.8 Å². The zero-order chi connectivity index (χ0) is 13.8. The minimum atomic E-state index is -0.341. The van der Waals surface area contributed by atoms with Crippen LogP contribution in [0.3, 0.4) is 0 Å². The van der Waals surface area contributed by atoms with Gasteiger partial charge < -0.3 is 0 Å². The molecule has 0 radical (unpaired) electrons. The van der Waals surface area contributed by atoms with Crippen LogP contribution in [0, 0.1) is 11.7 Å². The summed E-state index contributed by atoms with van der Waals surface area (Å²) in [7, 11) is 0. The van der Waals surface area contributed by atoms with Gasteiger partial charge >= 0.3 is 0 Å². The molecular formula is C16H22FNO. The SMILES string of the molecule is CC(C)C1CCCN1CCC(=O)c1cccc(F)c1. The first-order valence-electron chi connectivity index (χ1n) is 7.10. The van der Waals surface area contributed by atoms with Crippen molar-refractivity contribution >= 4 is 5.78 Å². The predicted octanol–water partition coefficient (Wildman–Crippen LogP) is 3.52.